The van der Waals surface area contributed by atoms with Crippen molar-refractivity contribution in [2.75, 3.05) is 38.7 Å². The van der Waals surface area contributed by atoms with E-state index in [1.165, 1.54) is 29.8 Å². The molecule has 4 rings (SSSR count). The van der Waals surface area contributed by atoms with Gasteiger partial charge in [0.2, 0.25) is 0 Å². The monoisotopic (exact) mass is 431 g/mol. The number of aromatic nitrogens is 1. The second-order valence-corrected chi connectivity index (χ2v) is 8.99. The summed E-state index contributed by atoms with van der Waals surface area (Å²) in [5.41, 5.74) is 1.38. The van der Waals surface area contributed by atoms with E-state index < -0.39 is 5.97 Å². The van der Waals surface area contributed by atoms with E-state index in [-0.39, 0.29) is 5.91 Å². The van der Waals surface area contributed by atoms with E-state index >= 15 is 0 Å². The maximum atomic E-state index is 12.7. The number of carbonyl (C=O) groups is 2. The third-order valence-corrected chi connectivity index (χ3v) is 6.75. The lowest BCUT2D eigenvalue weighted by molar-refractivity contribution is 0.0337. The fourth-order valence-electron chi connectivity index (χ4n) is 3.19. The van der Waals surface area contributed by atoms with Crippen molar-refractivity contribution in [3.8, 4) is 0 Å². The van der Waals surface area contributed by atoms with Crippen molar-refractivity contribution in [1.82, 2.24) is 9.88 Å². The summed E-state index contributed by atoms with van der Waals surface area (Å²) in [5, 5.41) is 3.63. The van der Waals surface area contributed by atoms with Crippen molar-refractivity contribution in [3.05, 3.63) is 44.6 Å². The van der Waals surface area contributed by atoms with Crippen LogP contribution in [0.3, 0.4) is 0 Å². The topological polar surface area (TPSA) is 80.8 Å². The van der Waals surface area contributed by atoms with E-state index in [0.29, 0.717) is 20.3 Å². The number of anilines is 1. The number of pyridine rings is 1. The van der Waals surface area contributed by atoms with Gasteiger partial charge in [0, 0.05) is 29.9 Å². The summed E-state index contributed by atoms with van der Waals surface area (Å²) < 4.78 is 10.3. The van der Waals surface area contributed by atoms with Crippen LogP contribution < -0.4 is 5.32 Å². The SMILES string of the molecule is COC(=O)c1sc2nc(CN3CCOCC3)ccc2c1NC(=O)c1ccc(C)s1. The van der Waals surface area contributed by atoms with Crippen LogP contribution in [0.1, 0.15) is 29.9 Å². The summed E-state index contributed by atoms with van der Waals surface area (Å²) in [6.45, 7) is 5.87. The summed E-state index contributed by atoms with van der Waals surface area (Å²) in [6, 6.07) is 7.53. The molecule has 4 heterocycles. The standard InChI is InChI=1S/C20H21N3O4S2/c1-12-3-6-15(28-12)18(24)22-16-14-5-4-13(11-23-7-9-27-10-8-23)21-19(14)29-17(16)20(25)26-2/h3-6H,7-11H2,1-2H3,(H,22,24). The highest BCUT2D eigenvalue weighted by Crippen LogP contribution is 2.36. The molecule has 3 aromatic heterocycles. The molecule has 1 amide bonds. The van der Waals surface area contributed by atoms with E-state index in [0.717, 1.165) is 48.8 Å². The minimum atomic E-state index is -0.486. The Balaban J connectivity index is 1.65. The number of nitrogens with one attached hydrogen (secondary N) is 1. The van der Waals surface area contributed by atoms with Gasteiger partial charge in [-0.15, -0.1) is 22.7 Å². The lowest BCUT2D eigenvalue weighted by atomic mass is 10.2. The first-order chi connectivity index (χ1) is 14.0. The van der Waals surface area contributed by atoms with Crippen LogP contribution >= 0.6 is 22.7 Å². The molecule has 0 bridgehead atoms. The number of hydrogen-bond acceptors (Lipinski definition) is 8. The van der Waals surface area contributed by atoms with Crippen LogP contribution in [0.5, 0.6) is 0 Å². The fourth-order valence-corrected chi connectivity index (χ4v) is 5.01. The Morgan fingerprint density at radius 3 is 2.69 bits per heavy atom. The highest BCUT2D eigenvalue weighted by molar-refractivity contribution is 7.21. The molecule has 7 nitrogen and oxygen atoms in total. The zero-order valence-corrected chi connectivity index (χ0v) is 17.8. The van der Waals surface area contributed by atoms with Gasteiger partial charge in [0.25, 0.3) is 5.91 Å². The number of amides is 1. The van der Waals surface area contributed by atoms with Crippen LogP contribution in [0.25, 0.3) is 10.2 Å². The van der Waals surface area contributed by atoms with Crippen LogP contribution in [0, 0.1) is 6.92 Å². The summed E-state index contributed by atoms with van der Waals surface area (Å²) in [6.07, 6.45) is 0. The molecule has 0 spiro atoms. The second-order valence-electron chi connectivity index (χ2n) is 6.71. The number of nitrogens with zero attached hydrogens (tertiary/aromatic N) is 2. The van der Waals surface area contributed by atoms with Gasteiger partial charge >= 0.3 is 5.97 Å². The highest BCUT2D eigenvalue weighted by atomic mass is 32.1. The maximum absolute atomic E-state index is 12.7. The van der Waals surface area contributed by atoms with E-state index in [1.807, 2.05) is 25.1 Å². The Labute approximate surface area is 176 Å². The van der Waals surface area contributed by atoms with Crippen LogP contribution in [0.4, 0.5) is 5.69 Å². The molecule has 0 radical (unpaired) electrons. The number of aryl methyl sites for hydroxylation is 1. The van der Waals surface area contributed by atoms with Crippen molar-refractivity contribution < 1.29 is 19.1 Å². The van der Waals surface area contributed by atoms with Crippen molar-refractivity contribution in [3.63, 3.8) is 0 Å². The number of thiophene rings is 2. The molecule has 1 saturated heterocycles. The molecule has 0 unspecified atom stereocenters. The lowest BCUT2D eigenvalue weighted by Crippen LogP contribution is -2.35. The predicted molar refractivity (Wildman–Crippen MR) is 114 cm³/mol. The molecule has 9 heteroatoms. The molecule has 0 saturated carbocycles. The van der Waals surface area contributed by atoms with Gasteiger partial charge < -0.3 is 14.8 Å². The number of ether oxygens (including phenoxy) is 2. The van der Waals surface area contributed by atoms with E-state index in [1.54, 1.807) is 6.07 Å². The summed E-state index contributed by atoms with van der Waals surface area (Å²) >= 11 is 2.64. The van der Waals surface area contributed by atoms with Gasteiger partial charge in [0.15, 0.2) is 0 Å². The minimum absolute atomic E-state index is 0.245. The van der Waals surface area contributed by atoms with Gasteiger partial charge in [-0.3, -0.25) is 9.69 Å². The molecular formula is C20H21N3O4S2. The number of carbonyl (C=O) groups excluding carboxylic acids is 2. The molecule has 1 fully saturated rings. The number of morpholine rings is 1. The molecule has 0 aliphatic carbocycles. The average molecular weight is 432 g/mol. The van der Waals surface area contributed by atoms with Crippen LogP contribution in [0.2, 0.25) is 0 Å². The Morgan fingerprint density at radius 1 is 1.21 bits per heavy atom. The molecule has 29 heavy (non-hydrogen) atoms. The van der Waals surface area contributed by atoms with Crippen molar-refractivity contribution in [1.29, 1.82) is 0 Å². The van der Waals surface area contributed by atoms with Gasteiger partial charge in [0.05, 0.1) is 36.6 Å². The van der Waals surface area contributed by atoms with Gasteiger partial charge in [-0.05, 0) is 31.2 Å². The van der Waals surface area contributed by atoms with Crippen molar-refractivity contribution in [2.24, 2.45) is 0 Å². The van der Waals surface area contributed by atoms with Crippen molar-refractivity contribution >= 4 is 50.5 Å². The van der Waals surface area contributed by atoms with Gasteiger partial charge in [-0.1, -0.05) is 0 Å². The second kappa shape index (κ2) is 8.58. The minimum Gasteiger partial charge on any atom is -0.465 e. The molecule has 0 aromatic carbocycles. The Kier molecular flexibility index (Phi) is 5.91. The zero-order valence-electron chi connectivity index (χ0n) is 16.2. The Hall–Kier alpha value is -2.33. The van der Waals surface area contributed by atoms with Crippen LogP contribution in [0.15, 0.2) is 24.3 Å². The number of fused-ring (bicyclic) bond motifs is 1. The van der Waals surface area contributed by atoms with E-state index in [4.69, 9.17) is 14.5 Å². The molecule has 152 valence electrons. The average Bonchev–Trinajstić information content (AvgIpc) is 3.32. The fraction of sp³-hybridized carbons (Fsp3) is 0.350. The zero-order chi connectivity index (χ0) is 20.4. The third kappa shape index (κ3) is 4.32. The van der Waals surface area contributed by atoms with E-state index in [2.05, 4.69) is 10.2 Å². The largest absolute Gasteiger partial charge is 0.465 e. The first kappa shape index (κ1) is 20.0. The first-order valence-electron chi connectivity index (χ1n) is 9.24. The molecule has 1 aliphatic rings. The molecule has 1 aliphatic heterocycles. The van der Waals surface area contributed by atoms with Gasteiger partial charge in [-0.25, -0.2) is 9.78 Å². The lowest BCUT2D eigenvalue weighted by Gasteiger charge is -2.26. The molecule has 0 atom stereocenters. The van der Waals surface area contributed by atoms with Gasteiger partial charge in [0.1, 0.15) is 9.71 Å². The summed E-state index contributed by atoms with van der Waals surface area (Å²) in [7, 11) is 1.33. The molecule has 3 aromatic rings. The summed E-state index contributed by atoms with van der Waals surface area (Å²) in [5.74, 6) is -0.731. The molecule has 1 N–H and O–H groups in total. The predicted octanol–water partition coefficient (Wildman–Crippen LogP) is 3.54. The number of esters is 1. The van der Waals surface area contributed by atoms with Gasteiger partial charge in [-0.2, -0.15) is 0 Å². The third-order valence-electron chi connectivity index (χ3n) is 4.68. The summed E-state index contributed by atoms with van der Waals surface area (Å²) in [4.78, 5) is 34.7. The highest BCUT2D eigenvalue weighted by Gasteiger charge is 2.23. The quantitative estimate of drug-likeness (QED) is 0.623. The van der Waals surface area contributed by atoms with Crippen LogP contribution in [-0.2, 0) is 16.0 Å². The number of rotatable bonds is 5. The molecular weight excluding hydrogens is 410 g/mol. The first-order valence-corrected chi connectivity index (χ1v) is 10.9. The van der Waals surface area contributed by atoms with Crippen LogP contribution in [-0.4, -0.2) is 55.2 Å². The number of hydrogen-bond donors (Lipinski definition) is 1. The van der Waals surface area contributed by atoms with E-state index in [9.17, 15) is 9.59 Å². The Morgan fingerprint density at radius 2 is 2.00 bits per heavy atom. The van der Waals surface area contributed by atoms with Crippen molar-refractivity contribution in [2.45, 2.75) is 13.5 Å². The maximum Gasteiger partial charge on any atom is 0.350 e. The number of methoxy groups -OCH3 is 1. The smallest absolute Gasteiger partial charge is 0.350 e. The Bertz CT molecular complexity index is 1050. The normalized spacial score (nSPS) is 14.8.